The van der Waals surface area contributed by atoms with E-state index < -0.39 is 10.0 Å². The van der Waals surface area contributed by atoms with Gasteiger partial charge in [-0.3, -0.25) is 9.52 Å². The number of nitrogens with zero attached hydrogens (tertiary/aromatic N) is 2. The molecule has 0 amide bonds. The minimum absolute atomic E-state index is 0.000953. The standard InChI is InChI=1S/C13H12ClN3O4S/c1-8(18)9-3-4-10(14)11(7-9)22(19,20)17-12-5-6-13(21-2)16-15-12/h3-7H,1-2H3,(H,15,17). The second-order valence-electron chi connectivity index (χ2n) is 4.27. The average molecular weight is 342 g/mol. The Hall–Kier alpha value is -2.19. The summed E-state index contributed by atoms with van der Waals surface area (Å²) in [5, 5.41) is 7.33. The Kier molecular flexibility index (Phi) is 4.62. The number of ketones is 1. The lowest BCUT2D eigenvalue weighted by molar-refractivity contribution is 0.101. The molecule has 0 saturated carbocycles. The zero-order valence-electron chi connectivity index (χ0n) is 11.7. The van der Waals surface area contributed by atoms with E-state index in [2.05, 4.69) is 14.9 Å². The molecule has 0 unspecified atom stereocenters. The first-order valence-corrected chi connectivity index (χ1v) is 7.90. The van der Waals surface area contributed by atoms with Crippen molar-refractivity contribution in [2.75, 3.05) is 11.8 Å². The monoisotopic (exact) mass is 341 g/mol. The van der Waals surface area contributed by atoms with Gasteiger partial charge in [0.15, 0.2) is 11.6 Å². The minimum atomic E-state index is -4.00. The van der Waals surface area contributed by atoms with Crippen LogP contribution in [0.3, 0.4) is 0 Å². The molecular weight excluding hydrogens is 330 g/mol. The maximum atomic E-state index is 12.3. The highest BCUT2D eigenvalue weighted by molar-refractivity contribution is 7.92. The van der Waals surface area contributed by atoms with Crippen molar-refractivity contribution in [2.24, 2.45) is 0 Å². The van der Waals surface area contributed by atoms with Crippen molar-refractivity contribution in [3.8, 4) is 5.88 Å². The van der Waals surface area contributed by atoms with Crippen LogP contribution in [0.5, 0.6) is 5.88 Å². The number of carbonyl (C=O) groups excluding carboxylic acids is 1. The first-order chi connectivity index (χ1) is 10.3. The zero-order chi connectivity index (χ0) is 16.3. The van der Waals surface area contributed by atoms with Crippen molar-refractivity contribution < 1.29 is 17.9 Å². The van der Waals surface area contributed by atoms with Gasteiger partial charge in [-0.2, -0.15) is 0 Å². The number of hydrogen-bond acceptors (Lipinski definition) is 6. The van der Waals surface area contributed by atoms with Crippen LogP contribution in [0.25, 0.3) is 0 Å². The molecule has 22 heavy (non-hydrogen) atoms. The summed E-state index contributed by atoms with van der Waals surface area (Å²) in [7, 11) is -2.58. The van der Waals surface area contributed by atoms with E-state index in [9.17, 15) is 13.2 Å². The number of aromatic nitrogens is 2. The van der Waals surface area contributed by atoms with E-state index in [1.807, 2.05) is 0 Å². The van der Waals surface area contributed by atoms with Gasteiger partial charge >= 0.3 is 0 Å². The summed E-state index contributed by atoms with van der Waals surface area (Å²) in [6.45, 7) is 1.34. The third kappa shape index (κ3) is 3.52. The van der Waals surface area contributed by atoms with Crippen molar-refractivity contribution in [1.29, 1.82) is 0 Å². The molecule has 9 heteroatoms. The Morgan fingerprint density at radius 1 is 1.23 bits per heavy atom. The Balaban J connectivity index is 2.37. The summed E-state index contributed by atoms with van der Waals surface area (Å²) in [6, 6.07) is 6.87. The number of carbonyl (C=O) groups is 1. The van der Waals surface area contributed by atoms with Gasteiger partial charge in [-0.05, 0) is 31.2 Å². The lowest BCUT2D eigenvalue weighted by atomic mass is 10.1. The minimum Gasteiger partial charge on any atom is -0.480 e. The number of anilines is 1. The molecule has 116 valence electrons. The molecule has 0 spiro atoms. The fourth-order valence-corrected chi connectivity index (χ4v) is 3.13. The Labute approximate surface area is 132 Å². The van der Waals surface area contributed by atoms with Gasteiger partial charge in [-0.25, -0.2) is 8.42 Å². The number of rotatable bonds is 5. The Bertz CT molecular complexity index is 807. The predicted molar refractivity (Wildman–Crippen MR) is 80.8 cm³/mol. The molecule has 1 aromatic heterocycles. The molecule has 1 N–H and O–H groups in total. The average Bonchev–Trinajstić information content (AvgIpc) is 2.47. The van der Waals surface area contributed by atoms with Crippen LogP contribution in [0.1, 0.15) is 17.3 Å². The highest BCUT2D eigenvalue weighted by Gasteiger charge is 2.20. The lowest BCUT2D eigenvalue weighted by Crippen LogP contribution is -2.15. The van der Waals surface area contributed by atoms with Crippen LogP contribution < -0.4 is 9.46 Å². The molecule has 7 nitrogen and oxygen atoms in total. The van der Waals surface area contributed by atoms with Crippen LogP contribution in [0.4, 0.5) is 5.82 Å². The highest BCUT2D eigenvalue weighted by Crippen LogP contribution is 2.25. The molecule has 0 aliphatic carbocycles. The summed E-state index contributed by atoms with van der Waals surface area (Å²) in [5.41, 5.74) is 0.241. The van der Waals surface area contributed by atoms with Crippen molar-refractivity contribution in [3.05, 3.63) is 40.9 Å². The molecule has 2 rings (SSSR count). The van der Waals surface area contributed by atoms with E-state index in [4.69, 9.17) is 16.3 Å². The van der Waals surface area contributed by atoms with Crippen LogP contribution in [0.2, 0.25) is 5.02 Å². The predicted octanol–water partition coefficient (Wildman–Crippen LogP) is 2.14. The van der Waals surface area contributed by atoms with Crippen LogP contribution in [0, 0.1) is 0 Å². The molecule has 0 atom stereocenters. The van der Waals surface area contributed by atoms with E-state index in [-0.39, 0.29) is 33.0 Å². The van der Waals surface area contributed by atoms with Gasteiger partial charge in [-0.15, -0.1) is 10.2 Å². The Morgan fingerprint density at radius 2 is 1.95 bits per heavy atom. The van der Waals surface area contributed by atoms with Gasteiger partial charge in [0.05, 0.1) is 12.1 Å². The molecule has 0 aliphatic heterocycles. The van der Waals surface area contributed by atoms with Crippen LogP contribution in [0.15, 0.2) is 35.2 Å². The second kappa shape index (κ2) is 6.29. The molecule has 1 heterocycles. The van der Waals surface area contributed by atoms with Gasteiger partial charge < -0.3 is 4.74 Å². The van der Waals surface area contributed by atoms with Crippen molar-refractivity contribution >= 4 is 33.2 Å². The molecule has 0 fully saturated rings. The fourth-order valence-electron chi connectivity index (χ4n) is 1.60. The number of sulfonamides is 1. The first-order valence-electron chi connectivity index (χ1n) is 6.04. The van der Waals surface area contributed by atoms with E-state index >= 15 is 0 Å². The van der Waals surface area contributed by atoms with Gasteiger partial charge in [0.1, 0.15) is 4.90 Å². The molecule has 0 radical (unpaired) electrons. The summed E-state index contributed by atoms with van der Waals surface area (Å²) < 4.78 is 31.8. The summed E-state index contributed by atoms with van der Waals surface area (Å²) in [4.78, 5) is 11.2. The number of halogens is 1. The van der Waals surface area contributed by atoms with Gasteiger partial charge in [-0.1, -0.05) is 11.6 Å². The van der Waals surface area contributed by atoms with Crippen molar-refractivity contribution in [1.82, 2.24) is 10.2 Å². The number of methoxy groups -OCH3 is 1. The second-order valence-corrected chi connectivity index (χ2v) is 6.33. The smallest absolute Gasteiger partial charge is 0.264 e. The van der Waals surface area contributed by atoms with E-state index in [1.165, 1.54) is 44.4 Å². The van der Waals surface area contributed by atoms with Gasteiger partial charge in [0, 0.05) is 11.6 Å². The largest absolute Gasteiger partial charge is 0.480 e. The number of hydrogen-bond donors (Lipinski definition) is 1. The SMILES string of the molecule is COc1ccc(NS(=O)(=O)c2cc(C(C)=O)ccc2Cl)nn1. The molecule has 0 saturated heterocycles. The van der Waals surface area contributed by atoms with Crippen LogP contribution in [-0.2, 0) is 10.0 Å². The lowest BCUT2D eigenvalue weighted by Gasteiger charge is -2.09. The zero-order valence-corrected chi connectivity index (χ0v) is 13.3. The topological polar surface area (TPSA) is 98.2 Å². The summed E-state index contributed by atoms with van der Waals surface area (Å²) >= 11 is 5.91. The fraction of sp³-hybridized carbons (Fsp3) is 0.154. The first kappa shape index (κ1) is 16.2. The number of nitrogens with one attached hydrogen (secondary N) is 1. The number of Topliss-reactive ketones (excluding diaryl/α,β-unsaturated/α-hetero) is 1. The van der Waals surface area contributed by atoms with Crippen LogP contribution >= 0.6 is 11.6 Å². The molecule has 2 aromatic rings. The molecule has 1 aromatic carbocycles. The van der Waals surface area contributed by atoms with Crippen molar-refractivity contribution in [2.45, 2.75) is 11.8 Å². The van der Waals surface area contributed by atoms with E-state index in [0.717, 1.165) is 0 Å². The molecular formula is C13H12ClN3O4S. The van der Waals surface area contributed by atoms with E-state index in [1.54, 1.807) is 0 Å². The van der Waals surface area contributed by atoms with Crippen molar-refractivity contribution in [3.63, 3.8) is 0 Å². The molecule has 0 bridgehead atoms. The van der Waals surface area contributed by atoms with Gasteiger partial charge in [0.2, 0.25) is 5.88 Å². The van der Waals surface area contributed by atoms with E-state index in [0.29, 0.717) is 0 Å². The Morgan fingerprint density at radius 3 is 2.50 bits per heavy atom. The summed E-state index contributed by atoms with van der Waals surface area (Å²) in [6.07, 6.45) is 0. The van der Waals surface area contributed by atoms with Crippen LogP contribution in [-0.4, -0.2) is 31.5 Å². The quantitative estimate of drug-likeness (QED) is 0.836. The maximum Gasteiger partial charge on any atom is 0.264 e. The molecule has 0 aliphatic rings. The summed E-state index contributed by atoms with van der Waals surface area (Å²) in [5.74, 6) is -0.0120. The highest BCUT2D eigenvalue weighted by atomic mass is 35.5. The third-order valence-electron chi connectivity index (χ3n) is 2.72. The maximum absolute atomic E-state index is 12.3. The normalized spacial score (nSPS) is 11.0. The number of benzene rings is 1. The van der Waals surface area contributed by atoms with Gasteiger partial charge in [0.25, 0.3) is 10.0 Å². The number of ether oxygens (including phenoxy) is 1. The third-order valence-corrected chi connectivity index (χ3v) is 4.55.